The number of aromatic nitrogens is 5. The third kappa shape index (κ3) is 4.47. The number of rotatable bonds is 8. The second kappa shape index (κ2) is 8.66. The lowest BCUT2D eigenvalue weighted by Crippen LogP contribution is -2.24. The topological polar surface area (TPSA) is 111 Å². The van der Waals surface area contributed by atoms with Crippen LogP contribution in [0.2, 0.25) is 0 Å². The maximum atomic E-state index is 12.4. The van der Waals surface area contributed by atoms with E-state index in [-0.39, 0.29) is 5.91 Å². The molecule has 0 atom stereocenters. The van der Waals surface area contributed by atoms with E-state index >= 15 is 0 Å². The van der Waals surface area contributed by atoms with Gasteiger partial charge in [0.25, 0.3) is 5.91 Å². The molecule has 0 aliphatic heterocycles. The normalized spacial score (nSPS) is 11.4. The molecule has 5 rings (SSSR count). The number of H-pyrrole nitrogens is 2. The molecule has 0 radical (unpaired) electrons. The van der Waals surface area contributed by atoms with Gasteiger partial charge in [0.1, 0.15) is 17.3 Å². The molecule has 2 aromatic carbocycles. The second-order valence-corrected chi connectivity index (χ2v) is 8.08. The smallest absolute Gasteiger partial charge is 0.271 e. The number of aromatic amines is 2. The van der Waals surface area contributed by atoms with Gasteiger partial charge in [-0.25, -0.2) is 15.0 Å². The standard InChI is InChI=1S/C22H21N7OS/c30-22(24-12-20-27-16-7-3-4-8-17(16)28-20)18-13-31-21(29-18)9-10-23-11-19-25-14-5-1-2-6-15(14)26-19/h1-8,13,23H,9-12H2,(H,24,30)(H,25,26)(H,27,28). The molecule has 3 heterocycles. The quantitative estimate of drug-likeness (QED) is 0.282. The van der Waals surface area contributed by atoms with Crippen molar-refractivity contribution in [3.8, 4) is 0 Å². The molecule has 0 unspecified atom stereocenters. The zero-order chi connectivity index (χ0) is 21.0. The number of fused-ring (bicyclic) bond motifs is 2. The Bertz CT molecular complexity index is 1270. The summed E-state index contributed by atoms with van der Waals surface area (Å²) in [7, 11) is 0. The molecule has 4 N–H and O–H groups in total. The number of imidazole rings is 2. The van der Waals surface area contributed by atoms with Crippen LogP contribution in [-0.4, -0.2) is 37.4 Å². The van der Waals surface area contributed by atoms with Gasteiger partial charge in [-0.1, -0.05) is 24.3 Å². The van der Waals surface area contributed by atoms with Crippen molar-refractivity contribution in [3.05, 3.63) is 76.3 Å². The number of carbonyl (C=O) groups excluding carboxylic acids is 1. The van der Waals surface area contributed by atoms with Crippen molar-refractivity contribution in [2.24, 2.45) is 0 Å². The molecule has 0 fully saturated rings. The lowest BCUT2D eigenvalue weighted by Gasteiger charge is -2.01. The largest absolute Gasteiger partial charge is 0.343 e. The molecule has 8 nitrogen and oxygen atoms in total. The molecule has 156 valence electrons. The molecule has 1 amide bonds. The van der Waals surface area contributed by atoms with Gasteiger partial charge in [0.05, 0.1) is 40.2 Å². The minimum absolute atomic E-state index is 0.196. The highest BCUT2D eigenvalue weighted by atomic mass is 32.1. The third-order valence-electron chi connectivity index (χ3n) is 4.89. The predicted molar refractivity (Wildman–Crippen MR) is 121 cm³/mol. The number of nitrogens with zero attached hydrogens (tertiary/aromatic N) is 3. The number of benzene rings is 2. The molecule has 31 heavy (non-hydrogen) atoms. The van der Waals surface area contributed by atoms with E-state index in [0.29, 0.717) is 18.8 Å². The Kier molecular flexibility index (Phi) is 5.42. The Labute approximate surface area is 182 Å². The van der Waals surface area contributed by atoms with E-state index in [2.05, 4.69) is 35.6 Å². The average molecular weight is 432 g/mol. The van der Waals surface area contributed by atoms with E-state index in [1.165, 1.54) is 11.3 Å². The van der Waals surface area contributed by atoms with Gasteiger partial charge in [0, 0.05) is 18.3 Å². The first-order valence-corrected chi connectivity index (χ1v) is 10.9. The summed E-state index contributed by atoms with van der Waals surface area (Å²) in [5.41, 5.74) is 4.29. The summed E-state index contributed by atoms with van der Waals surface area (Å²) in [6, 6.07) is 15.8. The zero-order valence-electron chi connectivity index (χ0n) is 16.7. The van der Waals surface area contributed by atoms with Gasteiger partial charge in [0.2, 0.25) is 0 Å². The van der Waals surface area contributed by atoms with Crippen LogP contribution in [0.25, 0.3) is 22.1 Å². The Morgan fingerprint density at radius 3 is 2.19 bits per heavy atom. The molecule has 0 aliphatic rings. The van der Waals surface area contributed by atoms with Crippen LogP contribution in [0.1, 0.15) is 27.1 Å². The highest BCUT2D eigenvalue weighted by Crippen LogP contribution is 2.13. The first-order valence-electron chi connectivity index (χ1n) is 10.1. The van der Waals surface area contributed by atoms with Crippen molar-refractivity contribution in [2.75, 3.05) is 6.54 Å². The minimum atomic E-state index is -0.196. The molecule has 0 aliphatic carbocycles. The van der Waals surface area contributed by atoms with Gasteiger partial charge in [0.15, 0.2) is 0 Å². The first-order chi connectivity index (χ1) is 15.2. The summed E-state index contributed by atoms with van der Waals surface area (Å²) in [6.07, 6.45) is 0.752. The van der Waals surface area contributed by atoms with E-state index in [9.17, 15) is 4.79 Å². The fourth-order valence-electron chi connectivity index (χ4n) is 3.37. The van der Waals surface area contributed by atoms with Crippen LogP contribution in [0.15, 0.2) is 53.9 Å². The van der Waals surface area contributed by atoms with Crippen molar-refractivity contribution < 1.29 is 4.79 Å². The van der Waals surface area contributed by atoms with Crippen molar-refractivity contribution in [1.29, 1.82) is 0 Å². The number of hydrogen-bond donors (Lipinski definition) is 4. The number of carbonyl (C=O) groups is 1. The molecule has 9 heteroatoms. The summed E-state index contributed by atoms with van der Waals surface area (Å²) in [6.45, 7) is 1.74. The summed E-state index contributed by atoms with van der Waals surface area (Å²) < 4.78 is 0. The van der Waals surface area contributed by atoms with E-state index < -0.39 is 0 Å². The SMILES string of the molecule is O=C(NCc1nc2ccccc2[nH]1)c1csc(CCNCc2nc3ccccc3[nH]2)n1. The van der Waals surface area contributed by atoms with E-state index in [4.69, 9.17) is 0 Å². The predicted octanol–water partition coefficient (Wildman–Crippen LogP) is 3.16. The minimum Gasteiger partial charge on any atom is -0.343 e. The lowest BCUT2D eigenvalue weighted by atomic mass is 10.3. The molecule has 0 saturated heterocycles. The van der Waals surface area contributed by atoms with Gasteiger partial charge in [-0.2, -0.15) is 0 Å². The Morgan fingerprint density at radius 1 is 0.871 bits per heavy atom. The van der Waals surface area contributed by atoms with Crippen LogP contribution < -0.4 is 10.6 Å². The summed E-state index contributed by atoms with van der Waals surface area (Å²) in [5.74, 6) is 1.43. The molecule has 0 spiro atoms. The zero-order valence-corrected chi connectivity index (χ0v) is 17.5. The van der Waals surface area contributed by atoms with Crippen molar-refractivity contribution in [1.82, 2.24) is 35.6 Å². The Balaban J connectivity index is 1.09. The van der Waals surface area contributed by atoms with Crippen LogP contribution in [0.5, 0.6) is 0 Å². The second-order valence-electron chi connectivity index (χ2n) is 7.14. The fraction of sp³-hybridized carbons (Fsp3) is 0.182. The molecule has 3 aromatic heterocycles. The first kappa shape index (κ1) is 19.4. The lowest BCUT2D eigenvalue weighted by molar-refractivity contribution is 0.0945. The summed E-state index contributed by atoms with van der Waals surface area (Å²) in [4.78, 5) is 32.4. The maximum Gasteiger partial charge on any atom is 0.271 e. The third-order valence-corrected chi connectivity index (χ3v) is 5.79. The average Bonchev–Trinajstić information content (AvgIpc) is 3.52. The van der Waals surface area contributed by atoms with Gasteiger partial charge < -0.3 is 20.6 Å². The Hall–Kier alpha value is -3.56. The fourth-order valence-corrected chi connectivity index (χ4v) is 4.14. The number of hydrogen-bond acceptors (Lipinski definition) is 6. The summed E-state index contributed by atoms with van der Waals surface area (Å²) in [5, 5.41) is 8.96. The molecular weight excluding hydrogens is 410 g/mol. The molecule has 0 saturated carbocycles. The highest BCUT2D eigenvalue weighted by Gasteiger charge is 2.12. The molecular formula is C22H21N7OS. The molecule has 0 bridgehead atoms. The number of thiazole rings is 1. The number of para-hydroxylation sites is 4. The van der Waals surface area contributed by atoms with E-state index in [0.717, 1.165) is 51.7 Å². The van der Waals surface area contributed by atoms with E-state index in [1.807, 2.05) is 48.5 Å². The van der Waals surface area contributed by atoms with Crippen LogP contribution >= 0.6 is 11.3 Å². The van der Waals surface area contributed by atoms with Crippen molar-refractivity contribution in [2.45, 2.75) is 19.5 Å². The summed E-state index contributed by atoms with van der Waals surface area (Å²) >= 11 is 1.49. The van der Waals surface area contributed by atoms with Crippen molar-refractivity contribution in [3.63, 3.8) is 0 Å². The van der Waals surface area contributed by atoms with Gasteiger partial charge >= 0.3 is 0 Å². The number of nitrogens with one attached hydrogen (secondary N) is 4. The van der Waals surface area contributed by atoms with E-state index in [1.54, 1.807) is 5.38 Å². The van der Waals surface area contributed by atoms with Crippen molar-refractivity contribution >= 4 is 39.3 Å². The number of amides is 1. The van der Waals surface area contributed by atoms with Gasteiger partial charge in [-0.05, 0) is 24.3 Å². The highest BCUT2D eigenvalue weighted by molar-refractivity contribution is 7.09. The van der Waals surface area contributed by atoms with Crippen LogP contribution in [0.3, 0.4) is 0 Å². The van der Waals surface area contributed by atoms with Crippen LogP contribution in [0.4, 0.5) is 0 Å². The van der Waals surface area contributed by atoms with Gasteiger partial charge in [-0.3, -0.25) is 4.79 Å². The van der Waals surface area contributed by atoms with Gasteiger partial charge in [-0.15, -0.1) is 11.3 Å². The van der Waals surface area contributed by atoms with Crippen LogP contribution in [0, 0.1) is 0 Å². The molecule has 5 aromatic rings. The monoisotopic (exact) mass is 431 g/mol. The van der Waals surface area contributed by atoms with Crippen LogP contribution in [-0.2, 0) is 19.5 Å². The maximum absolute atomic E-state index is 12.4. The Morgan fingerprint density at radius 2 is 1.52 bits per heavy atom.